The summed E-state index contributed by atoms with van der Waals surface area (Å²) in [4.78, 5) is 11.8. The number of carbonyl (C=O) groups excluding carboxylic acids is 1. The minimum Gasteiger partial charge on any atom is -0.459 e. The van der Waals surface area contributed by atoms with Crippen molar-refractivity contribution in [1.82, 2.24) is 0 Å². The average molecular weight is 311 g/mol. The third kappa shape index (κ3) is 3.55. The van der Waals surface area contributed by atoms with Gasteiger partial charge in [0.25, 0.3) is 0 Å². The van der Waals surface area contributed by atoms with Crippen molar-refractivity contribution < 1.29 is 22.4 Å². The molecule has 0 radical (unpaired) electrons. The van der Waals surface area contributed by atoms with Crippen LogP contribution in [0.1, 0.15) is 24.4 Å². The van der Waals surface area contributed by atoms with E-state index in [9.17, 15) is 13.2 Å². The number of fused-ring (bicyclic) bond motifs is 1. The number of hydrogen-bond acceptors (Lipinski definition) is 6. The summed E-state index contributed by atoms with van der Waals surface area (Å²) in [6.07, 6.45) is 0. The summed E-state index contributed by atoms with van der Waals surface area (Å²) >= 11 is 0. The Balaban J connectivity index is 2.03. The van der Waals surface area contributed by atoms with Crippen LogP contribution >= 0.6 is 0 Å². The van der Waals surface area contributed by atoms with Gasteiger partial charge in [-0.25, -0.2) is 13.2 Å². The summed E-state index contributed by atoms with van der Waals surface area (Å²) in [5.74, 6) is -0.870. The first-order valence-corrected chi connectivity index (χ1v) is 8.19. The molecule has 7 heteroatoms. The SMILES string of the molecule is CC(C)S(=O)(=O)CCOC(=O)c1cc2cc(N)ccc2o1. The van der Waals surface area contributed by atoms with Gasteiger partial charge < -0.3 is 14.9 Å². The summed E-state index contributed by atoms with van der Waals surface area (Å²) in [5.41, 5.74) is 6.72. The van der Waals surface area contributed by atoms with Crippen LogP contribution in [0, 0.1) is 0 Å². The maximum atomic E-state index is 11.8. The molecule has 21 heavy (non-hydrogen) atoms. The summed E-state index contributed by atoms with van der Waals surface area (Å²) in [6, 6.07) is 6.52. The van der Waals surface area contributed by atoms with Gasteiger partial charge in [0.2, 0.25) is 5.76 Å². The Bertz CT molecular complexity index is 761. The van der Waals surface area contributed by atoms with Crippen LogP contribution < -0.4 is 5.73 Å². The molecule has 0 saturated heterocycles. The lowest BCUT2D eigenvalue weighted by Gasteiger charge is -2.07. The molecule has 1 aromatic carbocycles. The van der Waals surface area contributed by atoms with Crippen LogP contribution in [0.25, 0.3) is 11.0 Å². The fourth-order valence-electron chi connectivity index (χ4n) is 1.72. The molecule has 0 spiro atoms. The van der Waals surface area contributed by atoms with Crippen LogP contribution in [0.2, 0.25) is 0 Å². The fourth-order valence-corrected chi connectivity index (χ4v) is 2.51. The van der Waals surface area contributed by atoms with Crippen molar-refractivity contribution in [3.05, 3.63) is 30.0 Å². The molecular formula is C14H17NO5S. The second kappa shape index (κ2) is 5.77. The van der Waals surface area contributed by atoms with Crippen LogP contribution in [0.3, 0.4) is 0 Å². The van der Waals surface area contributed by atoms with Crippen LogP contribution in [0.15, 0.2) is 28.7 Å². The number of carbonyl (C=O) groups is 1. The molecular weight excluding hydrogens is 294 g/mol. The van der Waals surface area contributed by atoms with Crippen molar-refractivity contribution in [2.75, 3.05) is 18.1 Å². The Morgan fingerprint density at radius 3 is 2.71 bits per heavy atom. The number of nitrogen functional groups attached to an aromatic ring is 1. The first-order valence-electron chi connectivity index (χ1n) is 6.47. The highest BCUT2D eigenvalue weighted by molar-refractivity contribution is 7.91. The number of nitrogens with two attached hydrogens (primary N) is 1. The largest absolute Gasteiger partial charge is 0.459 e. The Kier molecular flexibility index (Phi) is 4.22. The molecule has 0 aliphatic carbocycles. The standard InChI is InChI=1S/C14H17NO5S/c1-9(2)21(17,18)6-5-19-14(16)13-8-10-7-11(15)3-4-12(10)20-13/h3-4,7-9H,5-6,15H2,1-2H3. The number of ether oxygens (including phenoxy) is 1. The molecule has 2 N–H and O–H groups in total. The molecule has 0 aliphatic rings. The Hall–Kier alpha value is -2.02. The molecule has 1 aromatic heterocycles. The van der Waals surface area contributed by atoms with Crippen molar-refractivity contribution in [2.24, 2.45) is 0 Å². The number of anilines is 1. The van der Waals surface area contributed by atoms with Crippen molar-refractivity contribution in [3.8, 4) is 0 Å². The van der Waals surface area contributed by atoms with Crippen molar-refractivity contribution in [1.29, 1.82) is 0 Å². The van der Waals surface area contributed by atoms with Crippen molar-refractivity contribution in [2.45, 2.75) is 19.1 Å². The highest BCUT2D eigenvalue weighted by Crippen LogP contribution is 2.22. The highest BCUT2D eigenvalue weighted by Gasteiger charge is 2.18. The van der Waals surface area contributed by atoms with E-state index in [0.29, 0.717) is 16.7 Å². The first-order chi connectivity index (χ1) is 9.79. The predicted octanol–water partition coefficient (Wildman–Crippen LogP) is 2.00. The second-order valence-corrected chi connectivity index (χ2v) is 7.64. The number of sulfone groups is 1. The van der Waals surface area contributed by atoms with Crippen molar-refractivity contribution >= 4 is 32.5 Å². The normalized spacial score (nSPS) is 12.0. The van der Waals surface area contributed by atoms with E-state index in [1.807, 2.05) is 0 Å². The lowest BCUT2D eigenvalue weighted by Crippen LogP contribution is -2.22. The zero-order valence-corrected chi connectivity index (χ0v) is 12.6. The van der Waals surface area contributed by atoms with E-state index < -0.39 is 21.1 Å². The molecule has 0 saturated carbocycles. The van der Waals surface area contributed by atoms with Crippen LogP contribution in [0.5, 0.6) is 0 Å². The van der Waals surface area contributed by atoms with Gasteiger partial charge in [-0.05, 0) is 38.1 Å². The number of esters is 1. The Labute approximate surface area is 122 Å². The van der Waals surface area contributed by atoms with Gasteiger partial charge in [-0.2, -0.15) is 0 Å². The van der Waals surface area contributed by atoms with Gasteiger partial charge in [0.1, 0.15) is 12.2 Å². The van der Waals surface area contributed by atoms with Gasteiger partial charge in [0.05, 0.1) is 11.0 Å². The molecule has 0 atom stereocenters. The molecule has 1 heterocycles. The van der Waals surface area contributed by atoms with Crippen LogP contribution in [-0.2, 0) is 14.6 Å². The number of hydrogen-bond donors (Lipinski definition) is 1. The van der Waals surface area contributed by atoms with E-state index in [0.717, 1.165) is 0 Å². The van der Waals surface area contributed by atoms with E-state index in [1.165, 1.54) is 6.07 Å². The van der Waals surface area contributed by atoms with Gasteiger partial charge in [-0.1, -0.05) is 0 Å². The van der Waals surface area contributed by atoms with Crippen molar-refractivity contribution in [3.63, 3.8) is 0 Å². The van der Waals surface area contributed by atoms with Gasteiger partial charge in [0, 0.05) is 11.1 Å². The minimum atomic E-state index is -3.23. The molecule has 2 rings (SSSR count). The molecule has 0 unspecified atom stereocenters. The van der Waals surface area contributed by atoms with E-state index in [2.05, 4.69) is 0 Å². The molecule has 0 bridgehead atoms. The minimum absolute atomic E-state index is 0.0255. The summed E-state index contributed by atoms with van der Waals surface area (Å²) in [7, 11) is -3.23. The second-order valence-electron chi connectivity index (χ2n) is 4.96. The number of furan rings is 1. The molecule has 114 valence electrons. The van der Waals surface area contributed by atoms with Gasteiger partial charge >= 0.3 is 5.97 Å². The van der Waals surface area contributed by atoms with E-state index >= 15 is 0 Å². The van der Waals surface area contributed by atoms with E-state index in [4.69, 9.17) is 14.9 Å². The molecule has 0 amide bonds. The number of benzene rings is 1. The maximum Gasteiger partial charge on any atom is 0.374 e. The van der Waals surface area contributed by atoms with Gasteiger partial charge in [-0.3, -0.25) is 0 Å². The van der Waals surface area contributed by atoms with Gasteiger partial charge in [0.15, 0.2) is 9.84 Å². The average Bonchev–Trinajstić information content (AvgIpc) is 2.81. The maximum absolute atomic E-state index is 11.8. The molecule has 6 nitrogen and oxygen atoms in total. The molecule has 0 fully saturated rings. The summed E-state index contributed by atoms with van der Waals surface area (Å²) in [5, 5.41) is 0.196. The molecule has 0 aliphatic heterocycles. The number of rotatable bonds is 5. The fraction of sp³-hybridized carbons (Fsp3) is 0.357. The summed E-state index contributed by atoms with van der Waals surface area (Å²) < 4.78 is 33.5. The lowest BCUT2D eigenvalue weighted by molar-refractivity contribution is 0.0495. The van der Waals surface area contributed by atoms with E-state index in [1.54, 1.807) is 32.0 Å². The topological polar surface area (TPSA) is 99.6 Å². The third-order valence-corrected chi connectivity index (χ3v) is 5.23. The zero-order chi connectivity index (χ0) is 15.6. The molecule has 2 aromatic rings. The monoisotopic (exact) mass is 311 g/mol. The summed E-state index contributed by atoms with van der Waals surface area (Å²) in [6.45, 7) is 2.97. The first kappa shape index (κ1) is 15.4. The highest BCUT2D eigenvalue weighted by atomic mass is 32.2. The zero-order valence-electron chi connectivity index (χ0n) is 11.8. The lowest BCUT2D eigenvalue weighted by atomic mass is 10.2. The van der Waals surface area contributed by atoms with Crippen LogP contribution in [0.4, 0.5) is 5.69 Å². The van der Waals surface area contributed by atoms with Crippen LogP contribution in [-0.4, -0.2) is 32.0 Å². The Morgan fingerprint density at radius 1 is 1.33 bits per heavy atom. The Morgan fingerprint density at radius 2 is 2.05 bits per heavy atom. The van der Waals surface area contributed by atoms with Gasteiger partial charge in [-0.15, -0.1) is 0 Å². The quantitative estimate of drug-likeness (QED) is 0.669. The smallest absolute Gasteiger partial charge is 0.374 e. The van der Waals surface area contributed by atoms with E-state index in [-0.39, 0.29) is 18.1 Å². The predicted molar refractivity (Wildman–Crippen MR) is 79.8 cm³/mol. The third-order valence-electron chi connectivity index (χ3n) is 3.06.